The molecule has 0 bridgehead atoms. The van der Waals surface area contributed by atoms with E-state index in [1.807, 2.05) is 41.8 Å². The molecule has 0 fully saturated rings. The zero-order valence-corrected chi connectivity index (χ0v) is 14.4. The highest BCUT2D eigenvalue weighted by Crippen LogP contribution is 2.22. The number of benzene rings is 1. The molecule has 116 valence electrons. The fraction of sp³-hybridized carbons (Fsp3) is 0.0588. The molecule has 0 radical (unpaired) electrons. The molecule has 3 aromatic rings. The van der Waals surface area contributed by atoms with Crippen molar-refractivity contribution in [3.63, 3.8) is 0 Å². The number of nitrogens with one attached hydrogen (secondary N) is 1. The number of rotatable bonds is 5. The molecule has 0 saturated heterocycles. The van der Waals surface area contributed by atoms with E-state index >= 15 is 0 Å². The molecule has 2 aromatic heterocycles. The van der Waals surface area contributed by atoms with Gasteiger partial charge in [0.2, 0.25) is 5.91 Å². The number of aromatic nitrogens is 1. The van der Waals surface area contributed by atoms with Gasteiger partial charge in [0.05, 0.1) is 0 Å². The summed E-state index contributed by atoms with van der Waals surface area (Å²) in [5.74, 6) is -0.175. The van der Waals surface area contributed by atoms with Crippen molar-refractivity contribution in [1.29, 1.82) is 0 Å². The van der Waals surface area contributed by atoms with Crippen LogP contribution in [0.5, 0.6) is 0 Å². The van der Waals surface area contributed by atoms with Crippen molar-refractivity contribution in [3.05, 3.63) is 74.4 Å². The van der Waals surface area contributed by atoms with Crippen LogP contribution in [0.25, 0.3) is 6.08 Å². The van der Waals surface area contributed by atoms with Gasteiger partial charge in [-0.2, -0.15) is 0 Å². The van der Waals surface area contributed by atoms with Crippen LogP contribution in [0, 0.1) is 0 Å². The number of halogens is 1. The predicted octanol–water partition coefficient (Wildman–Crippen LogP) is 5.10. The lowest BCUT2D eigenvalue weighted by Crippen LogP contribution is -2.06. The van der Waals surface area contributed by atoms with Crippen molar-refractivity contribution < 1.29 is 4.79 Å². The van der Waals surface area contributed by atoms with Crippen LogP contribution in [0.3, 0.4) is 0 Å². The topological polar surface area (TPSA) is 42.0 Å². The van der Waals surface area contributed by atoms with Gasteiger partial charge >= 0.3 is 0 Å². The molecule has 0 saturated carbocycles. The third kappa shape index (κ3) is 4.76. The molecule has 3 rings (SSSR count). The van der Waals surface area contributed by atoms with E-state index in [0.717, 1.165) is 26.8 Å². The molecule has 2 heterocycles. The molecule has 0 atom stereocenters. The van der Waals surface area contributed by atoms with Gasteiger partial charge in [0, 0.05) is 33.5 Å². The molecule has 0 aliphatic carbocycles. The molecule has 23 heavy (non-hydrogen) atoms. The molecular formula is C17H13ClN2OS2. The van der Waals surface area contributed by atoms with Crippen LogP contribution in [0.4, 0.5) is 5.13 Å². The van der Waals surface area contributed by atoms with Gasteiger partial charge in [0.15, 0.2) is 5.13 Å². The van der Waals surface area contributed by atoms with Crippen LogP contribution in [0.2, 0.25) is 5.02 Å². The number of carbonyl (C=O) groups is 1. The van der Waals surface area contributed by atoms with Gasteiger partial charge in [-0.1, -0.05) is 29.8 Å². The molecule has 0 unspecified atom stereocenters. The molecule has 1 N–H and O–H groups in total. The highest BCUT2D eigenvalue weighted by Gasteiger charge is 2.05. The zero-order valence-electron chi connectivity index (χ0n) is 12.0. The van der Waals surface area contributed by atoms with E-state index in [4.69, 9.17) is 11.6 Å². The maximum atomic E-state index is 11.9. The van der Waals surface area contributed by atoms with E-state index in [-0.39, 0.29) is 5.91 Å². The molecular weight excluding hydrogens is 348 g/mol. The van der Waals surface area contributed by atoms with E-state index in [2.05, 4.69) is 10.3 Å². The molecule has 1 amide bonds. The van der Waals surface area contributed by atoms with Gasteiger partial charge in [-0.25, -0.2) is 4.98 Å². The molecule has 0 spiro atoms. The quantitative estimate of drug-likeness (QED) is 0.643. The fourth-order valence-corrected chi connectivity index (χ4v) is 3.54. The van der Waals surface area contributed by atoms with Crippen LogP contribution in [-0.4, -0.2) is 10.9 Å². The SMILES string of the molecule is O=C(/C=C/c1cccs1)Nc1ncc(Cc2ccc(Cl)cc2)s1. The van der Waals surface area contributed by atoms with Gasteiger partial charge in [-0.3, -0.25) is 10.1 Å². The number of thiophene rings is 1. The third-order valence-corrected chi connectivity index (χ3v) is 5.02. The highest BCUT2D eigenvalue weighted by molar-refractivity contribution is 7.15. The Balaban J connectivity index is 1.58. The number of amides is 1. The van der Waals surface area contributed by atoms with Crippen molar-refractivity contribution in [2.45, 2.75) is 6.42 Å². The summed E-state index contributed by atoms with van der Waals surface area (Å²) < 4.78 is 0. The Morgan fingerprint density at radius 1 is 1.26 bits per heavy atom. The Hall–Kier alpha value is -1.95. The smallest absolute Gasteiger partial charge is 0.250 e. The minimum Gasteiger partial charge on any atom is -0.298 e. The van der Waals surface area contributed by atoms with Crippen LogP contribution >= 0.6 is 34.3 Å². The first-order chi connectivity index (χ1) is 11.2. The van der Waals surface area contributed by atoms with Crippen LogP contribution in [0.1, 0.15) is 15.3 Å². The lowest BCUT2D eigenvalue weighted by Gasteiger charge is -1.98. The van der Waals surface area contributed by atoms with E-state index in [1.54, 1.807) is 23.6 Å². The number of anilines is 1. The highest BCUT2D eigenvalue weighted by atomic mass is 35.5. The first-order valence-corrected chi connectivity index (χ1v) is 8.98. The van der Waals surface area contributed by atoms with Crippen molar-refractivity contribution in [2.75, 3.05) is 5.32 Å². The van der Waals surface area contributed by atoms with Gasteiger partial charge in [-0.05, 0) is 35.2 Å². The summed E-state index contributed by atoms with van der Waals surface area (Å²) >= 11 is 8.94. The number of hydrogen-bond acceptors (Lipinski definition) is 4. The van der Waals surface area contributed by atoms with Crippen molar-refractivity contribution in [2.24, 2.45) is 0 Å². The Labute approximate surface area is 147 Å². The van der Waals surface area contributed by atoms with E-state index in [0.29, 0.717) is 5.13 Å². The van der Waals surface area contributed by atoms with Gasteiger partial charge in [0.1, 0.15) is 0 Å². The van der Waals surface area contributed by atoms with E-state index in [9.17, 15) is 4.79 Å². The minimum absolute atomic E-state index is 0.175. The summed E-state index contributed by atoms with van der Waals surface area (Å²) in [5.41, 5.74) is 1.16. The van der Waals surface area contributed by atoms with Crippen molar-refractivity contribution >= 4 is 51.4 Å². The summed E-state index contributed by atoms with van der Waals surface area (Å²) in [7, 11) is 0. The second-order valence-corrected chi connectivity index (χ2v) is 7.30. The lowest BCUT2D eigenvalue weighted by molar-refractivity contribution is -0.111. The summed E-state index contributed by atoms with van der Waals surface area (Å²) in [6, 6.07) is 11.6. The average molecular weight is 361 g/mol. The molecule has 6 heteroatoms. The molecule has 3 nitrogen and oxygen atoms in total. The zero-order chi connectivity index (χ0) is 16.1. The van der Waals surface area contributed by atoms with Crippen LogP contribution in [0.15, 0.2) is 54.1 Å². The Bertz CT molecular complexity index is 808. The Morgan fingerprint density at radius 2 is 2.09 bits per heavy atom. The minimum atomic E-state index is -0.175. The van der Waals surface area contributed by atoms with Crippen molar-refractivity contribution in [3.8, 4) is 0 Å². The monoisotopic (exact) mass is 360 g/mol. The first kappa shape index (κ1) is 15.9. The van der Waals surface area contributed by atoms with Gasteiger partial charge < -0.3 is 0 Å². The summed E-state index contributed by atoms with van der Waals surface area (Å²) in [6.07, 6.45) is 5.88. The average Bonchev–Trinajstić information content (AvgIpc) is 3.20. The molecule has 0 aliphatic heterocycles. The second kappa shape index (κ2) is 7.55. The molecule has 0 aliphatic rings. The number of nitrogens with zero attached hydrogens (tertiary/aromatic N) is 1. The number of hydrogen-bond donors (Lipinski definition) is 1. The normalized spacial score (nSPS) is 11.0. The Morgan fingerprint density at radius 3 is 2.83 bits per heavy atom. The Kier molecular flexibility index (Phi) is 5.23. The largest absolute Gasteiger partial charge is 0.298 e. The molecule has 1 aromatic carbocycles. The fourth-order valence-electron chi connectivity index (χ4n) is 1.94. The van der Waals surface area contributed by atoms with Gasteiger partial charge in [0.25, 0.3) is 0 Å². The van der Waals surface area contributed by atoms with Crippen LogP contribution in [-0.2, 0) is 11.2 Å². The maximum absolute atomic E-state index is 11.9. The summed E-state index contributed by atoms with van der Waals surface area (Å²) in [5, 5.41) is 6.09. The summed E-state index contributed by atoms with van der Waals surface area (Å²) in [4.78, 5) is 18.2. The predicted molar refractivity (Wildman–Crippen MR) is 98.4 cm³/mol. The third-order valence-electron chi connectivity index (χ3n) is 3.02. The first-order valence-electron chi connectivity index (χ1n) is 6.91. The second-order valence-electron chi connectivity index (χ2n) is 4.77. The van der Waals surface area contributed by atoms with E-state index < -0.39 is 0 Å². The van der Waals surface area contributed by atoms with Crippen molar-refractivity contribution in [1.82, 2.24) is 4.98 Å². The summed E-state index contributed by atoms with van der Waals surface area (Å²) in [6.45, 7) is 0. The standard InChI is InChI=1S/C17H13ClN2OS2/c18-13-5-3-12(4-6-13)10-15-11-19-17(23-15)20-16(21)8-7-14-2-1-9-22-14/h1-9,11H,10H2,(H,19,20,21)/b8-7+. The maximum Gasteiger partial charge on any atom is 0.250 e. The van der Waals surface area contributed by atoms with Crippen LogP contribution < -0.4 is 5.32 Å². The number of carbonyl (C=O) groups excluding carboxylic acids is 1. The number of thiazole rings is 1. The van der Waals surface area contributed by atoms with E-state index in [1.165, 1.54) is 17.4 Å². The van der Waals surface area contributed by atoms with Gasteiger partial charge in [-0.15, -0.1) is 22.7 Å². The lowest BCUT2D eigenvalue weighted by atomic mass is 10.1.